The van der Waals surface area contributed by atoms with Crippen molar-refractivity contribution in [3.05, 3.63) is 38.5 Å². The molecule has 0 aliphatic carbocycles. The number of hydrogen-bond donors (Lipinski definition) is 2. The molecule has 2 heterocycles. The van der Waals surface area contributed by atoms with E-state index in [1.54, 1.807) is 17.4 Å². The third kappa shape index (κ3) is 3.57. The number of nitrogens with one attached hydrogen (secondary N) is 2. The Morgan fingerprint density at radius 3 is 2.60 bits per heavy atom. The first-order chi connectivity index (χ1) is 9.65. The van der Waals surface area contributed by atoms with Crippen LogP contribution in [-0.2, 0) is 0 Å². The predicted molar refractivity (Wildman–Crippen MR) is 89.4 cm³/mol. The third-order valence-corrected chi connectivity index (χ3v) is 4.44. The minimum Gasteiger partial charge on any atom is -0.369 e. The second kappa shape index (κ2) is 7.16. The Morgan fingerprint density at radius 1 is 1.25 bits per heavy atom. The highest BCUT2D eigenvalue weighted by Crippen LogP contribution is 2.33. The van der Waals surface area contributed by atoms with Gasteiger partial charge in [-0.2, -0.15) is 0 Å². The summed E-state index contributed by atoms with van der Waals surface area (Å²) in [7, 11) is 0. The number of anilines is 2. The van der Waals surface area contributed by atoms with Gasteiger partial charge in [-0.25, -0.2) is 4.98 Å². The quantitative estimate of drug-likeness (QED) is 0.740. The van der Waals surface area contributed by atoms with E-state index in [9.17, 15) is 0 Å². The molecule has 0 spiro atoms. The van der Waals surface area contributed by atoms with E-state index in [0.29, 0.717) is 21.7 Å². The van der Waals surface area contributed by atoms with Gasteiger partial charge in [-0.1, -0.05) is 36.2 Å². The lowest BCUT2D eigenvalue weighted by atomic mass is 10.2. The molecular weight excluding hydrogens is 313 g/mol. The molecule has 6 heteroatoms. The maximum Gasteiger partial charge on any atom is 0.147 e. The number of nitrogens with zero attached hydrogens (tertiary/aromatic N) is 1. The summed E-state index contributed by atoms with van der Waals surface area (Å²) in [5.74, 6) is 1.31. The normalized spacial score (nSPS) is 12.2. The van der Waals surface area contributed by atoms with E-state index in [2.05, 4.69) is 34.0 Å². The van der Waals surface area contributed by atoms with Crippen LogP contribution in [0.2, 0.25) is 10.0 Å². The zero-order chi connectivity index (χ0) is 14.5. The molecule has 2 aromatic rings. The molecule has 0 radical (unpaired) electrons. The Labute approximate surface area is 133 Å². The summed E-state index contributed by atoms with van der Waals surface area (Å²) in [5.41, 5.74) is 0. The smallest absolute Gasteiger partial charge is 0.147 e. The molecule has 0 aliphatic heterocycles. The first-order valence-corrected chi connectivity index (χ1v) is 8.19. The van der Waals surface area contributed by atoms with E-state index in [-0.39, 0.29) is 6.04 Å². The van der Waals surface area contributed by atoms with Gasteiger partial charge in [-0.3, -0.25) is 0 Å². The molecule has 20 heavy (non-hydrogen) atoms. The van der Waals surface area contributed by atoms with Crippen molar-refractivity contribution in [3.63, 3.8) is 0 Å². The minimum atomic E-state index is 0.204. The van der Waals surface area contributed by atoms with Crippen molar-refractivity contribution in [2.75, 3.05) is 17.2 Å². The van der Waals surface area contributed by atoms with Crippen LogP contribution < -0.4 is 10.6 Å². The molecule has 1 atom stereocenters. The van der Waals surface area contributed by atoms with E-state index in [0.717, 1.165) is 13.0 Å². The van der Waals surface area contributed by atoms with Gasteiger partial charge in [0.15, 0.2) is 0 Å². The van der Waals surface area contributed by atoms with Crippen molar-refractivity contribution >= 4 is 46.2 Å². The van der Waals surface area contributed by atoms with Crippen LogP contribution in [0.3, 0.4) is 0 Å². The molecular formula is C14H17Cl2N3S. The van der Waals surface area contributed by atoms with Gasteiger partial charge < -0.3 is 10.6 Å². The van der Waals surface area contributed by atoms with Gasteiger partial charge in [0.1, 0.15) is 11.6 Å². The van der Waals surface area contributed by atoms with Crippen LogP contribution in [0.5, 0.6) is 0 Å². The molecule has 0 fully saturated rings. The number of halogens is 2. The molecule has 0 amide bonds. The largest absolute Gasteiger partial charge is 0.369 e. The lowest BCUT2D eigenvalue weighted by Gasteiger charge is -2.18. The number of aromatic nitrogens is 1. The highest BCUT2D eigenvalue weighted by atomic mass is 35.5. The Morgan fingerprint density at radius 2 is 2.00 bits per heavy atom. The van der Waals surface area contributed by atoms with Crippen LogP contribution in [0.25, 0.3) is 0 Å². The predicted octanol–water partition coefficient (Wildman–Crippen LogP) is 5.44. The topological polar surface area (TPSA) is 37.0 Å². The lowest BCUT2D eigenvalue weighted by molar-refractivity contribution is 0.759. The van der Waals surface area contributed by atoms with Gasteiger partial charge in [0.2, 0.25) is 0 Å². The summed E-state index contributed by atoms with van der Waals surface area (Å²) in [4.78, 5) is 5.75. The molecule has 0 aromatic carbocycles. The summed E-state index contributed by atoms with van der Waals surface area (Å²) in [5, 5.41) is 9.66. The van der Waals surface area contributed by atoms with Crippen molar-refractivity contribution in [1.82, 2.24) is 4.98 Å². The molecule has 108 valence electrons. The third-order valence-electron chi connectivity index (χ3n) is 2.88. The highest BCUT2D eigenvalue weighted by molar-refractivity contribution is 7.10. The average Bonchev–Trinajstić information content (AvgIpc) is 2.94. The van der Waals surface area contributed by atoms with E-state index in [4.69, 9.17) is 23.2 Å². The van der Waals surface area contributed by atoms with Crippen molar-refractivity contribution < 1.29 is 0 Å². The van der Waals surface area contributed by atoms with E-state index in [1.807, 2.05) is 13.0 Å². The summed E-state index contributed by atoms with van der Waals surface area (Å²) in [6, 6.07) is 6.08. The molecule has 0 saturated heterocycles. The van der Waals surface area contributed by atoms with Gasteiger partial charge in [-0.15, -0.1) is 11.3 Å². The highest BCUT2D eigenvalue weighted by Gasteiger charge is 2.15. The number of thiophene rings is 1. The van der Waals surface area contributed by atoms with E-state index >= 15 is 0 Å². The molecule has 3 nitrogen and oxygen atoms in total. The molecule has 0 saturated carbocycles. The molecule has 1 unspecified atom stereocenters. The molecule has 2 rings (SSSR count). The van der Waals surface area contributed by atoms with Crippen LogP contribution in [0.4, 0.5) is 11.6 Å². The Kier molecular flexibility index (Phi) is 5.52. The van der Waals surface area contributed by atoms with E-state index < -0.39 is 0 Å². The molecule has 2 N–H and O–H groups in total. The van der Waals surface area contributed by atoms with Crippen LogP contribution in [0.1, 0.15) is 31.2 Å². The Balaban J connectivity index is 2.25. The summed E-state index contributed by atoms with van der Waals surface area (Å²) < 4.78 is 0. The summed E-state index contributed by atoms with van der Waals surface area (Å²) in [6.07, 6.45) is 0.956. The second-order valence-electron chi connectivity index (χ2n) is 4.30. The van der Waals surface area contributed by atoms with Crippen molar-refractivity contribution in [1.29, 1.82) is 0 Å². The average molecular weight is 330 g/mol. The first-order valence-electron chi connectivity index (χ1n) is 6.55. The zero-order valence-corrected chi connectivity index (χ0v) is 13.7. The van der Waals surface area contributed by atoms with Gasteiger partial charge >= 0.3 is 0 Å². The van der Waals surface area contributed by atoms with Crippen LogP contribution in [-0.4, -0.2) is 11.5 Å². The van der Waals surface area contributed by atoms with Crippen LogP contribution >= 0.6 is 34.5 Å². The number of hydrogen-bond acceptors (Lipinski definition) is 4. The van der Waals surface area contributed by atoms with Crippen molar-refractivity contribution in [2.24, 2.45) is 0 Å². The number of pyridine rings is 1. The monoisotopic (exact) mass is 329 g/mol. The van der Waals surface area contributed by atoms with E-state index in [1.165, 1.54) is 4.88 Å². The summed E-state index contributed by atoms with van der Waals surface area (Å²) in [6.45, 7) is 4.89. The SMILES string of the molecule is CCNc1nc(NC(CC)c2cccs2)c(Cl)cc1Cl. The maximum absolute atomic E-state index is 6.23. The zero-order valence-electron chi connectivity index (χ0n) is 11.4. The Hall–Kier alpha value is -0.970. The molecule has 2 aromatic heterocycles. The lowest BCUT2D eigenvalue weighted by Crippen LogP contribution is -2.11. The summed E-state index contributed by atoms with van der Waals surface area (Å²) >= 11 is 14.1. The van der Waals surface area contributed by atoms with Gasteiger partial charge in [-0.05, 0) is 30.9 Å². The fourth-order valence-corrected chi connectivity index (χ4v) is 3.23. The Bertz CT molecular complexity index is 558. The molecule has 0 aliphatic rings. The maximum atomic E-state index is 6.23. The minimum absolute atomic E-state index is 0.204. The number of rotatable bonds is 6. The molecule has 0 bridgehead atoms. The van der Waals surface area contributed by atoms with Gasteiger partial charge in [0.05, 0.1) is 16.1 Å². The first kappa shape index (κ1) is 15.4. The second-order valence-corrected chi connectivity index (χ2v) is 6.09. The van der Waals surface area contributed by atoms with Gasteiger partial charge in [0, 0.05) is 11.4 Å². The fourth-order valence-electron chi connectivity index (χ4n) is 1.89. The van der Waals surface area contributed by atoms with Gasteiger partial charge in [0.25, 0.3) is 0 Å². The fraction of sp³-hybridized carbons (Fsp3) is 0.357. The van der Waals surface area contributed by atoms with Crippen molar-refractivity contribution in [3.8, 4) is 0 Å². The standard InChI is InChI=1S/C14H17Cl2N3S/c1-3-11(12-6-5-7-20-12)18-14-10(16)8-9(15)13(19-14)17-4-2/h5-8,11H,3-4H2,1-2H3,(H2,17,18,19). The van der Waals surface area contributed by atoms with Crippen LogP contribution in [0.15, 0.2) is 23.6 Å². The van der Waals surface area contributed by atoms with Crippen LogP contribution in [0, 0.1) is 0 Å². The van der Waals surface area contributed by atoms with Crippen molar-refractivity contribution in [2.45, 2.75) is 26.3 Å².